The van der Waals surface area contributed by atoms with Crippen molar-refractivity contribution in [3.63, 3.8) is 0 Å². The fraction of sp³-hybridized carbons (Fsp3) is 0.185. The second-order valence-electron chi connectivity index (χ2n) is 9.09. The van der Waals surface area contributed by atoms with Gasteiger partial charge in [0.05, 0.1) is 33.4 Å². The summed E-state index contributed by atoms with van der Waals surface area (Å²) in [5.41, 5.74) is 1.06. The number of Topliss-reactive ketones (excluding diaryl/α,β-unsaturated/α-hetero) is 1. The van der Waals surface area contributed by atoms with Crippen LogP contribution in [0.2, 0.25) is 0 Å². The van der Waals surface area contributed by atoms with Crippen molar-refractivity contribution in [2.45, 2.75) is 19.9 Å². The second kappa shape index (κ2) is 10.0. The number of nitro groups is 1. The monoisotopic (exact) mass is 530 g/mol. The van der Waals surface area contributed by atoms with Gasteiger partial charge in [-0.2, -0.15) is 0 Å². The van der Waals surface area contributed by atoms with Gasteiger partial charge < -0.3 is 9.84 Å². The molecule has 0 aliphatic carbocycles. The summed E-state index contributed by atoms with van der Waals surface area (Å²) in [6, 6.07) is 13.2. The fourth-order valence-electron chi connectivity index (χ4n) is 4.13. The number of aliphatic hydroxyl groups is 1. The van der Waals surface area contributed by atoms with Gasteiger partial charge >= 0.3 is 5.91 Å². The average molecular weight is 531 g/mol. The van der Waals surface area contributed by atoms with Gasteiger partial charge in [0.2, 0.25) is 0 Å². The van der Waals surface area contributed by atoms with Gasteiger partial charge in [-0.15, -0.1) is 0 Å². The molecule has 10 nitrogen and oxygen atoms in total. The number of carbonyl (C=O) groups excluding carboxylic acids is 2. The van der Waals surface area contributed by atoms with Crippen molar-refractivity contribution in [2.75, 3.05) is 11.5 Å². The molecule has 1 aliphatic rings. The Bertz CT molecular complexity index is 1580. The summed E-state index contributed by atoms with van der Waals surface area (Å²) in [6.07, 6.45) is 3.07. The molecule has 0 saturated carbocycles. The summed E-state index contributed by atoms with van der Waals surface area (Å²) in [5.74, 6) is -1.13. The molecule has 1 N–H and O–H groups in total. The van der Waals surface area contributed by atoms with Crippen molar-refractivity contribution in [3.05, 3.63) is 93.8 Å². The normalized spacial score (nSPS) is 16.9. The Balaban J connectivity index is 1.61. The maximum atomic E-state index is 13.3. The van der Waals surface area contributed by atoms with Gasteiger partial charge in [-0.1, -0.05) is 31.3 Å². The first-order valence-corrected chi connectivity index (χ1v) is 12.6. The third kappa shape index (κ3) is 4.59. The SMILES string of the molecule is CC(C)COc1ccc(/C(O)=C2\C(=O)C(=O)N(c3nc4ccc([N+](=O)[O-])cc4s3)C2c2cccnc2)cc1. The Kier molecular flexibility index (Phi) is 6.60. The predicted octanol–water partition coefficient (Wildman–Crippen LogP) is 5.26. The van der Waals surface area contributed by atoms with Gasteiger partial charge in [-0.25, -0.2) is 4.98 Å². The molecule has 1 amide bonds. The standard InChI is InChI=1S/C27H22N4O6S/c1-15(2)14-37-19-8-5-16(6-9-19)24(32)22-23(17-4-3-11-28-13-17)30(26(34)25(22)33)27-29-20-10-7-18(31(35)36)12-21(20)38-27/h3-13,15,23,32H,14H2,1-2H3/b24-22+. The number of ketones is 1. The summed E-state index contributed by atoms with van der Waals surface area (Å²) in [6.45, 7) is 4.59. The number of ether oxygens (including phenoxy) is 1. The van der Waals surface area contributed by atoms with Crippen LogP contribution in [0.3, 0.4) is 0 Å². The largest absolute Gasteiger partial charge is 0.507 e. The van der Waals surface area contributed by atoms with E-state index in [1.165, 1.54) is 29.3 Å². The van der Waals surface area contributed by atoms with E-state index in [1.807, 2.05) is 13.8 Å². The third-order valence-corrected chi connectivity index (χ3v) is 6.95. The van der Waals surface area contributed by atoms with Gasteiger partial charge in [-0.3, -0.25) is 29.6 Å². The Morgan fingerprint density at radius 2 is 1.95 bits per heavy atom. The fourth-order valence-corrected chi connectivity index (χ4v) is 5.15. The van der Waals surface area contributed by atoms with Crippen molar-refractivity contribution in [2.24, 2.45) is 5.92 Å². The first kappa shape index (κ1) is 25.0. The molecular formula is C27H22N4O6S. The number of hydrogen-bond donors (Lipinski definition) is 1. The Hall–Kier alpha value is -4.64. The highest BCUT2D eigenvalue weighted by Crippen LogP contribution is 2.44. The van der Waals surface area contributed by atoms with E-state index in [0.717, 1.165) is 11.3 Å². The minimum atomic E-state index is -1.00. The van der Waals surface area contributed by atoms with Crippen LogP contribution in [0.5, 0.6) is 5.75 Å². The molecule has 1 aliphatic heterocycles. The zero-order valence-corrected chi connectivity index (χ0v) is 21.2. The predicted molar refractivity (Wildman–Crippen MR) is 142 cm³/mol. The van der Waals surface area contributed by atoms with E-state index in [0.29, 0.717) is 39.6 Å². The number of pyridine rings is 1. The molecule has 11 heteroatoms. The summed E-state index contributed by atoms with van der Waals surface area (Å²) < 4.78 is 6.18. The highest BCUT2D eigenvalue weighted by molar-refractivity contribution is 7.22. The first-order chi connectivity index (χ1) is 18.2. The first-order valence-electron chi connectivity index (χ1n) is 11.7. The van der Waals surface area contributed by atoms with Crippen LogP contribution in [0, 0.1) is 16.0 Å². The zero-order valence-electron chi connectivity index (χ0n) is 20.4. The maximum Gasteiger partial charge on any atom is 0.301 e. The molecular weight excluding hydrogens is 508 g/mol. The number of rotatable bonds is 7. The number of anilines is 1. The Morgan fingerprint density at radius 3 is 2.61 bits per heavy atom. The van der Waals surface area contributed by atoms with Crippen LogP contribution in [0.15, 0.2) is 72.6 Å². The number of fused-ring (bicyclic) bond motifs is 1. The zero-order chi connectivity index (χ0) is 27.0. The molecule has 0 radical (unpaired) electrons. The lowest BCUT2D eigenvalue weighted by molar-refractivity contribution is -0.384. The number of nitrogens with zero attached hydrogens (tertiary/aromatic N) is 4. The topological polar surface area (TPSA) is 136 Å². The average Bonchev–Trinajstić information content (AvgIpc) is 3.45. The molecule has 1 atom stereocenters. The van der Waals surface area contributed by atoms with E-state index in [9.17, 15) is 24.8 Å². The number of hydrogen-bond acceptors (Lipinski definition) is 9. The van der Waals surface area contributed by atoms with E-state index in [-0.39, 0.29) is 22.2 Å². The number of thiazole rings is 1. The van der Waals surface area contributed by atoms with Crippen LogP contribution >= 0.6 is 11.3 Å². The molecule has 5 rings (SSSR count). The van der Waals surface area contributed by atoms with Crippen LogP contribution in [-0.4, -0.2) is 38.3 Å². The summed E-state index contributed by atoms with van der Waals surface area (Å²) in [5, 5.41) is 22.7. The Labute approximate surface area is 221 Å². The van der Waals surface area contributed by atoms with Crippen molar-refractivity contribution < 1.29 is 24.4 Å². The minimum absolute atomic E-state index is 0.107. The lowest BCUT2D eigenvalue weighted by Gasteiger charge is -2.22. The molecule has 0 bridgehead atoms. The number of benzene rings is 2. The Morgan fingerprint density at radius 1 is 1.18 bits per heavy atom. The summed E-state index contributed by atoms with van der Waals surface area (Å²) >= 11 is 1.05. The summed E-state index contributed by atoms with van der Waals surface area (Å²) in [4.78, 5) is 47.2. The lowest BCUT2D eigenvalue weighted by atomic mass is 9.96. The molecule has 3 heterocycles. The molecule has 2 aromatic carbocycles. The summed E-state index contributed by atoms with van der Waals surface area (Å²) in [7, 11) is 0. The molecule has 4 aromatic rings. The van der Waals surface area contributed by atoms with Crippen LogP contribution in [-0.2, 0) is 9.59 Å². The van der Waals surface area contributed by atoms with Crippen LogP contribution < -0.4 is 9.64 Å². The quantitative estimate of drug-likeness (QED) is 0.112. The maximum absolute atomic E-state index is 13.3. The molecule has 0 spiro atoms. The van der Waals surface area contributed by atoms with Gasteiger partial charge in [0.1, 0.15) is 11.5 Å². The van der Waals surface area contributed by atoms with Crippen molar-refractivity contribution >= 4 is 49.8 Å². The molecule has 2 aromatic heterocycles. The smallest absolute Gasteiger partial charge is 0.301 e. The van der Waals surface area contributed by atoms with Crippen molar-refractivity contribution in [1.29, 1.82) is 0 Å². The van der Waals surface area contributed by atoms with Gasteiger partial charge in [0, 0.05) is 30.1 Å². The van der Waals surface area contributed by atoms with Crippen molar-refractivity contribution in [1.82, 2.24) is 9.97 Å². The van der Waals surface area contributed by atoms with Crippen LogP contribution in [0.25, 0.3) is 16.0 Å². The van der Waals surface area contributed by atoms with E-state index >= 15 is 0 Å². The third-order valence-electron chi connectivity index (χ3n) is 5.93. The number of non-ortho nitro benzene ring substituents is 1. The molecule has 1 unspecified atom stereocenters. The molecule has 1 saturated heterocycles. The number of aliphatic hydroxyl groups excluding tert-OH is 1. The van der Waals surface area contributed by atoms with Crippen LogP contribution in [0.4, 0.5) is 10.8 Å². The number of amides is 1. The van der Waals surface area contributed by atoms with Gasteiger partial charge in [0.15, 0.2) is 5.13 Å². The van der Waals surface area contributed by atoms with Crippen molar-refractivity contribution in [3.8, 4) is 5.75 Å². The number of aromatic nitrogens is 2. The molecule has 38 heavy (non-hydrogen) atoms. The van der Waals surface area contributed by atoms with Crippen LogP contribution in [0.1, 0.15) is 31.0 Å². The number of carbonyl (C=O) groups is 2. The highest BCUT2D eigenvalue weighted by atomic mass is 32.1. The van der Waals surface area contributed by atoms with E-state index in [1.54, 1.807) is 42.6 Å². The van der Waals surface area contributed by atoms with E-state index in [4.69, 9.17) is 4.74 Å². The van der Waals surface area contributed by atoms with Gasteiger partial charge in [0.25, 0.3) is 11.5 Å². The second-order valence-corrected chi connectivity index (χ2v) is 10.1. The minimum Gasteiger partial charge on any atom is -0.507 e. The molecule has 1 fully saturated rings. The number of nitro benzene ring substituents is 1. The van der Waals surface area contributed by atoms with E-state index < -0.39 is 22.7 Å². The lowest BCUT2D eigenvalue weighted by Crippen LogP contribution is -2.29. The van der Waals surface area contributed by atoms with E-state index in [2.05, 4.69) is 9.97 Å². The van der Waals surface area contributed by atoms with Gasteiger partial charge in [-0.05, 0) is 47.9 Å². The highest BCUT2D eigenvalue weighted by Gasteiger charge is 2.48. The molecule has 192 valence electrons.